The molecule has 0 amide bonds. The van der Waals surface area contributed by atoms with E-state index in [1.165, 1.54) is 0 Å². The maximum Gasteiger partial charge on any atom is 0.259 e. The van der Waals surface area contributed by atoms with Crippen molar-refractivity contribution in [3.05, 3.63) is 87.6 Å². The summed E-state index contributed by atoms with van der Waals surface area (Å²) in [5.41, 5.74) is 4.63. The van der Waals surface area contributed by atoms with Crippen LogP contribution < -0.4 is 5.56 Å². The molecule has 2 aliphatic rings. The van der Waals surface area contributed by atoms with Gasteiger partial charge in [0, 0.05) is 18.0 Å². The van der Waals surface area contributed by atoms with Gasteiger partial charge in [-0.1, -0.05) is 55.8 Å². The van der Waals surface area contributed by atoms with Crippen molar-refractivity contribution >= 4 is 5.78 Å². The molecule has 0 bridgehead atoms. The zero-order valence-electron chi connectivity index (χ0n) is 23.6. The monoisotopic (exact) mass is 551 g/mol. The second-order valence-electron chi connectivity index (χ2n) is 11.7. The number of rotatable bonds is 9. The molecule has 2 saturated carbocycles. The molecule has 2 aliphatic carbocycles. The molecule has 41 heavy (non-hydrogen) atoms. The lowest BCUT2D eigenvalue weighted by Gasteiger charge is -2.38. The van der Waals surface area contributed by atoms with Gasteiger partial charge < -0.3 is 9.84 Å². The Kier molecular flexibility index (Phi) is 7.74. The van der Waals surface area contributed by atoms with Crippen LogP contribution in [0.4, 0.5) is 0 Å². The molecule has 2 fully saturated rings. The summed E-state index contributed by atoms with van der Waals surface area (Å²) in [4.78, 5) is 18.8. The minimum atomic E-state index is -0.636. The third-order valence-electron chi connectivity index (χ3n) is 8.89. The number of nitrogens with zero attached hydrogens (tertiary/aromatic N) is 5. The Morgan fingerprint density at radius 3 is 2.54 bits per heavy atom. The summed E-state index contributed by atoms with van der Waals surface area (Å²) in [6.45, 7) is 2.52. The van der Waals surface area contributed by atoms with Crippen LogP contribution in [0.2, 0.25) is 0 Å². The van der Waals surface area contributed by atoms with Crippen molar-refractivity contribution in [3.63, 3.8) is 0 Å². The standard InChI is InChI=1S/C33H37N5O3/c1-2-6-30-29(19-23-9-11-24(12-10-23)28-8-4-3-7-25(28)20-34)31(39)37(32-35-22-36-38(30)32)26-13-15-27(16-14-26)41-21-33(40)17-5-18-33/h3-4,7-12,22,26-27,40H,2,5-6,13-19,21H2,1H3. The molecule has 212 valence electrons. The van der Waals surface area contributed by atoms with E-state index in [1.807, 2.05) is 57.6 Å². The molecule has 0 unspecified atom stereocenters. The summed E-state index contributed by atoms with van der Waals surface area (Å²) in [6.07, 6.45) is 9.86. The molecule has 2 aromatic carbocycles. The molecule has 8 heteroatoms. The van der Waals surface area contributed by atoms with Gasteiger partial charge in [-0.3, -0.25) is 9.36 Å². The summed E-state index contributed by atoms with van der Waals surface area (Å²) in [7, 11) is 0. The fourth-order valence-electron chi connectivity index (χ4n) is 6.39. The molecule has 2 aromatic heterocycles. The number of hydrogen-bond acceptors (Lipinski definition) is 6. The average Bonchev–Trinajstić information content (AvgIpc) is 3.47. The highest BCUT2D eigenvalue weighted by molar-refractivity contribution is 5.70. The molecule has 0 saturated heterocycles. The summed E-state index contributed by atoms with van der Waals surface area (Å²) in [5.74, 6) is 0.610. The van der Waals surface area contributed by atoms with Gasteiger partial charge in [-0.05, 0) is 74.1 Å². The molecule has 0 radical (unpaired) electrons. The van der Waals surface area contributed by atoms with E-state index >= 15 is 0 Å². The average molecular weight is 552 g/mol. The quantitative estimate of drug-likeness (QED) is 0.299. The van der Waals surface area contributed by atoms with Gasteiger partial charge in [0.1, 0.15) is 6.33 Å². The smallest absolute Gasteiger partial charge is 0.259 e. The van der Waals surface area contributed by atoms with Crippen molar-refractivity contribution in [2.45, 2.75) is 88.9 Å². The van der Waals surface area contributed by atoms with Gasteiger partial charge in [0.15, 0.2) is 0 Å². The first-order valence-electron chi connectivity index (χ1n) is 14.9. The molecule has 1 N–H and O–H groups in total. The van der Waals surface area contributed by atoms with E-state index in [4.69, 9.17) is 4.74 Å². The van der Waals surface area contributed by atoms with E-state index in [0.717, 1.165) is 85.7 Å². The summed E-state index contributed by atoms with van der Waals surface area (Å²) in [5, 5.41) is 24.5. The van der Waals surface area contributed by atoms with Crippen LogP contribution in [0.15, 0.2) is 59.7 Å². The van der Waals surface area contributed by atoms with Crippen molar-refractivity contribution in [1.29, 1.82) is 5.26 Å². The van der Waals surface area contributed by atoms with E-state index in [0.29, 0.717) is 24.4 Å². The number of nitriles is 1. The van der Waals surface area contributed by atoms with Crippen molar-refractivity contribution in [2.75, 3.05) is 6.61 Å². The van der Waals surface area contributed by atoms with Gasteiger partial charge in [-0.25, -0.2) is 4.52 Å². The SMILES string of the molecule is CCCc1c(Cc2ccc(-c3ccccc3C#N)cc2)c(=O)n(C2CCC(OCC3(O)CCC3)CC2)c2ncnn12. The van der Waals surface area contributed by atoms with Crippen molar-refractivity contribution in [2.24, 2.45) is 0 Å². The van der Waals surface area contributed by atoms with Crippen molar-refractivity contribution < 1.29 is 9.84 Å². The van der Waals surface area contributed by atoms with Gasteiger partial charge in [0.2, 0.25) is 5.78 Å². The van der Waals surface area contributed by atoms with Gasteiger partial charge in [0.25, 0.3) is 5.56 Å². The van der Waals surface area contributed by atoms with E-state index in [9.17, 15) is 15.2 Å². The minimum absolute atomic E-state index is 0.0148. The van der Waals surface area contributed by atoms with E-state index in [-0.39, 0.29) is 17.7 Å². The summed E-state index contributed by atoms with van der Waals surface area (Å²) >= 11 is 0. The predicted octanol–water partition coefficient (Wildman–Crippen LogP) is 5.39. The largest absolute Gasteiger partial charge is 0.387 e. The Hall–Kier alpha value is -3.80. The van der Waals surface area contributed by atoms with Crippen LogP contribution in [0.25, 0.3) is 16.9 Å². The molecule has 2 heterocycles. The summed E-state index contributed by atoms with van der Waals surface area (Å²) < 4.78 is 9.84. The zero-order valence-corrected chi connectivity index (χ0v) is 23.6. The fourth-order valence-corrected chi connectivity index (χ4v) is 6.39. The molecule has 0 spiro atoms. The van der Waals surface area contributed by atoms with Gasteiger partial charge in [-0.15, -0.1) is 0 Å². The third-order valence-corrected chi connectivity index (χ3v) is 8.89. The third kappa shape index (κ3) is 5.44. The molecule has 6 rings (SSSR count). The van der Waals surface area contributed by atoms with Crippen LogP contribution in [0, 0.1) is 11.3 Å². The van der Waals surface area contributed by atoms with Crippen LogP contribution in [0.3, 0.4) is 0 Å². The molecule has 0 atom stereocenters. The van der Waals surface area contributed by atoms with Gasteiger partial charge in [0.05, 0.1) is 35.6 Å². The molecule has 0 aliphatic heterocycles. The molecular formula is C33H37N5O3. The highest BCUT2D eigenvalue weighted by Crippen LogP contribution is 2.35. The Morgan fingerprint density at radius 2 is 1.85 bits per heavy atom. The molecule has 8 nitrogen and oxygen atoms in total. The maximum absolute atomic E-state index is 14.2. The molecular weight excluding hydrogens is 514 g/mol. The number of hydrogen-bond donors (Lipinski definition) is 1. The Balaban J connectivity index is 1.27. The summed E-state index contributed by atoms with van der Waals surface area (Å²) in [6, 6.07) is 18.0. The van der Waals surface area contributed by atoms with Gasteiger partial charge >= 0.3 is 0 Å². The molecule has 4 aromatic rings. The number of aromatic nitrogens is 4. The lowest BCUT2D eigenvalue weighted by molar-refractivity contribution is -0.120. The first-order valence-corrected chi connectivity index (χ1v) is 14.9. The van der Waals surface area contributed by atoms with Crippen molar-refractivity contribution in [3.8, 4) is 17.2 Å². The zero-order chi connectivity index (χ0) is 28.4. The minimum Gasteiger partial charge on any atom is -0.387 e. The van der Waals surface area contributed by atoms with Crippen LogP contribution in [0.1, 0.15) is 86.7 Å². The lowest BCUT2D eigenvalue weighted by Crippen LogP contribution is -2.43. The lowest BCUT2D eigenvalue weighted by atomic mass is 9.81. The number of aryl methyl sites for hydroxylation is 1. The van der Waals surface area contributed by atoms with Crippen LogP contribution >= 0.6 is 0 Å². The fraction of sp³-hybridized carbons (Fsp3) is 0.455. The van der Waals surface area contributed by atoms with E-state index in [1.54, 1.807) is 6.33 Å². The second kappa shape index (κ2) is 11.6. The highest BCUT2D eigenvalue weighted by atomic mass is 16.5. The van der Waals surface area contributed by atoms with E-state index < -0.39 is 5.60 Å². The Labute approximate surface area is 240 Å². The number of aliphatic hydroxyl groups is 1. The van der Waals surface area contributed by atoms with Gasteiger partial charge in [-0.2, -0.15) is 15.3 Å². The first kappa shape index (κ1) is 27.4. The van der Waals surface area contributed by atoms with Crippen molar-refractivity contribution in [1.82, 2.24) is 19.2 Å². The topological polar surface area (TPSA) is 105 Å². The van der Waals surface area contributed by atoms with Crippen LogP contribution in [-0.2, 0) is 17.6 Å². The van der Waals surface area contributed by atoms with E-state index in [2.05, 4.69) is 23.1 Å². The Morgan fingerprint density at radius 1 is 1.10 bits per heavy atom. The number of fused-ring (bicyclic) bond motifs is 1. The Bertz CT molecular complexity index is 1620. The van der Waals surface area contributed by atoms with Crippen LogP contribution in [-0.4, -0.2) is 42.6 Å². The van der Waals surface area contributed by atoms with Crippen LogP contribution in [0.5, 0.6) is 0 Å². The highest BCUT2D eigenvalue weighted by Gasteiger charge is 2.36. The normalized spacial score (nSPS) is 20.0. The maximum atomic E-state index is 14.2. The predicted molar refractivity (Wildman–Crippen MR) is 157 cm³/mol. The number of benzene rings is 2. The number of ether oxygens (including phenoxy) is 1. The first-order chi connectivity index (χ1) is 20.0. The second-order valence-corrected chi connectivity index (χ2v) is 11.7.